The van der Waals surface area contributed by atoms with Crippen molar-refractivity contribution in [2.24, 2.45) is 5.92 Å². The molecule has 146 valence electrons. The smallest absolute Gasteiger partial charge is 0.312 e. The van der Waals surface area contributed by atoms with E-state index in [1.807, 2.05) is 42.5 Å². The number of benzene rings is 2. The number of carbonyl (C=O) groups is 2. The van der Waals surface area contributed by atoms with Crippen LogP contribution in [0.25, 0.3) is 0 Å². The Hall–Kier alpha value is -3.02. The Morgan fingerprint density at radius 1 is 1.07 bits per heavy atom. The molecule has 1 fully saturated rings. The summed E-state index contributed by atoms with van der Waals surface area (Å²) < 4.78 is 10.8. The highest BCUT2D eigenvalue weighted by Gasteiger charge is 2.48. The molecule has 0 saturated heterocycles. The third-order valence-corrected chi connectivity index (χ3v) is 5.75. The van der Waals surface area contributed by atoms with E-state index in [0.717, 1.165) is 34.6 Å². The lowest BCUT2D eigenvalue weighted by Crippen LogP contribution is -2.41. The molecule has 0 aromatic heterocycles. The average molecular weight is 381 g/mol. The van der Waals surface area contributed by atoms with Crippen LogP contribution in [0.3, 0.4) is 0 Å². The molecule has 1 amide bonds. The molecule has 2 aromatic rings. The molecule has 4 rings (SSSR count). The third kappa shape index (κ3) is 3.19. The molecule has 0 bridgehead atoms. The standard InChI is InChI=1S/C22H23NO5/c1-27-14-7-8-20(28-2)17(9-14)16-10-18(16)21(24)23-11-13-5-3-4-6-15(13)19(12-23)22(25)26/h3-9,16,18-19H,10-12H2,1-2H3,(H,25,26). The van der Waals surface area contributed by atoms with E-state index >= 15 is 0 Å². The maximum Gasteiger partial charge on any atom is 0.312 e. The van der Waals surface area contributed by atoms with E-state index in [-0.39, 0.29) is 24.3 Å². The lowest BCUT2D eigenvalue weighted by molar-refractivity contribution is -0.141. The molecule has 1 saturated carbocycles. The van der Waals surface area contributed by atoms with Crippen LogP contribution >= 0.6 is 0 Å². The van der Waals surface area contributed by atoms with E-state index in [0.29, 0.717) is 6.54 Å². The molecule has 6 heteroatoms. The number of amides is 1. The quantitative estimate of drug-likeness (QED) is 0.862. The fraction of sp³-hybridized carbons (Fsp3) is 0.364. The molecule has 3 unspecified atom stereocenters. The number of hydrogen-bond donors (Lipinski definition) is 1. The highest BCUT2D eigenvalue weighted by Crippen LogP contribution is 2.52. The lowest BCUT2D eigenvalue weighted by Gasteiger charge is -2.33. The summed E-state index contributed by atoms with van der Waals surface area (Å²) in [5.74, 6) is -0.182. The Balaban J connectivity index is 1.55. The van der Waals surface area contributed by atoms with Crippen molar-refractivity contribution < 1.29 is 24.2 Å². The molecule has 1 heterocycles. The number of rotatable bonds is 5. The van der Waals surface area contributed by atoms with E-state index in [1.54, 1.807) is 19.1 Å². The fourth-order valence-electron chi connectivity index (χ4n) is 4.16. The molecule has 1 aliphatic carbocycles. The van der Waals surface area contributed by atoms with Crippen LogP contribution in [0.5, 0.6) is 11.5 Å². The van der Waals surface area contributed by atoms with E-state index in [9.17, 15) is 14.7 Å². The van der Waals surface area contributed by atoms with Crippen molar-refractivity contribution >= 4 is 11.9 Å². The second kappa shape index (κ2) is 7.19. The molecule has 3 atom stereocenters. The summed E-state index contributed by atoms with van der Waals surface area (Å²) in [6.45, 7) is 0.668. The zero-order valence-electron chi connectivity index (χ0n) is 15.9. The Labute approximate surface area is 163 Å². The summed E-state index contributed by atoms with van der Waals surface area (Å²) in [7, 11) is 3.22. The van der Waals surface area contributed by atoms with Gasteiger partial charge in [-0.25, -0.2) is 0 Å². The van der Waals surface area contributed by atoms with Crippen LogP contribution in [0.1, 0.15) is 34.9 Å². The van der Waals surface area contributed by atoms with E-state index < -0.39 is 11.9 Å². The van der Waals surface area contributed by atoms with Gasteiger partial charge in [0.25, 0.3) is 0 Å². The summed E-state index contributed by atoms with van der Waals surface area (Å²) in [6.07, 6.45) is 0.734. The van der Waals surface area contributed by atoms with Crippen molar-refractivity contribution in [1.82, 2.24) is 4.90 Å². The van der Waals surface area contributed by atoms with Gasteiger partial charge in [0.2, 0.25) is 5.91 Å². The Morgan fingerprint density at radius 3 is 2.57 bits per heavy atom. The highest BCUT2D eigenvalue weighted by molar-refractivity contribution is 5.85. The van der Waals surface area contributed by atoms with Crippen molar-refractivity contribution in [3.63, 3.8) is 0 Å². The second-order valence-electron chi connectivity index (χ2n) is 7.36. The van der Waals surface area contributed by atoms with Crippen LogP contribution in [-0.4, -0.2) is 42.6 Å². The summed E-state index contributed by atoms with van der Waals surface area (Å²) in [5.41, 5.74) is 2.68. The minimum Gasteiger partial charge on any atom is -0.497 e. The molecule has 2 aromatic carbocycles. The molecule has 2 aliphatic rings. The molecular formula is C22H23NO5. The van der Waals surface area contributed by atoms with Gasteiger partial charge in [0.15, 0.2) is 0 Å². The Bertz CT molecular complexity index is 925. The van der Waals surface area contributed by atoms with Crippen molar-refractivity contribution in [1.29, 1.82) is 0 Å². The number of methoxy groups -OCH3 is 2. The van der Waals surface area contributed by atoms with Gasteiger partial charge in [0, 0.05) is 30.5 Å². The number of fused-ring (bicyclic) bond motifs is 1. The van der Waals surface area contributed by atoms with E-state index in [1.165, 1.54) is 0 Å². The molecule has 1 aliphatic heterocycles. The SMILES string of the molecule is COc1ccc(OC)c(C2CC2C(=O)N2Cc3ccccc3C(C(=O)O)C2)c1. The third-order valence-electron chi connectivity index (χ3n) is 5.75. The number of nitrogens with zero attached hydrogens (tertiary/aromatic N) is 1. The molecule has 6 nitrogen and oxygen atoms in total. The number of aliphatic carboxylic acids is 1. The van der Waals surface area contributed by atoms with Gasteiger partial charge in [-0.05, 0) is 35.7 Å². The van der Waals surface area contributed by atoms with Crippen molar-refractivity contribution in [3.05, 3.63) is 59.2 Å². The van der Waals surface area contributed by atoms with Gasteiger partial charge in [-0.2, -0.15) is 0 Å². The summed E-state index contributed by atoms with van der Waals surface area (Å²) in [4.78, 5) is 26.6. The largest absolute Gasteiger partial charge is 0.497 e. The Morgan fingerprint density at radius 2 is 1.86 bits per heavy atom. The zero-order chi connectivity index (χ0) is 19.8. The van der Waals surface area contributed by atoms with Gasteiger partial charge in [-0.15, -0.1) is 0 Å². The number of hydrogen-bond acceptors (Lipinski definition) is 4. The zero-order valence-corrected chi connectivity index (χ0v) is 15.9. The topological polar surface area (TPSA) is 76.1 Å². The molecule has 0 radical (unpaired) electrons. The van der Waals surface area contributed by atoms with Crippen molar-refractivity contribution in [2.75, 3.05) is 20.8 Å². The van der Waals surface area contributed by atoms with Gasteiger partial charge >= 0.3 is 5.97 Å². The number of carboxylic acids is 1. The Kier molecular flexibility index (Phi) is 4.71. The first-order valence-electron chi connectivity index (χ1n) is 9.34. The first-order chi connectivity index (χ1) is 13.5. The normalized spacial score (nSPS) is 22.9. The average Bonchev–Trinajstić information content (AvgIpc) is 3.52. The predicted molar refractivity (Wildman–Crippen MR) is 103 cm³/mol. The molecule has 0 spiro atoms. The predicted octanol–water partition coefficient (Wildman–Crippen LogP) is 3.02. The summed E-state index contributed by atoms with van der Waals surface area (Å²) in [5, 5.41) is 9.63. The monoisotopic (exact) mass is 381 g/mol. The maximum absolute atomic E-state index is 13.1. The van der Waals surface area contributed by atoms with Crippen LogP contribution in [0.2, 0.25) is 0 Å². The highest BCUT2D eigenvalue weighted by atomic mass is 16.5. The van der Waals surface area contributed by atoms with Crippen LogP contribution in [0.4, 0.5) is 0 Å². The van der Waals surface area contributed by atoms with Crippen LogP contribution < -0.4 is 9.47 Å². The van der Waals surface area contributed by atoms with Gasteiger partial charge in [-0.1, -0.05) is 24.3 Å². The maximum atomic E-state index is 13.1. The minimum atomic E-state index is -0.897. The van der Waals surface area contributed by atoms with Crippen molar-refractivity contribution in [3.8, 4) is 11.5 Å². The molecule has 28 heavy (non-hydrogen) atoms. The van der Waals surface area contributed by atoms with Crippen LogP contribution in [0.15, 0.2) is 42.5 Å². The number of carbonyl (C=O) groups excluding carboxylic acids is 1. The summed E-state index contributed by atoms with van der Waals surface area (Å²) >= 11 is 0. The number of ether oxygens (including phenoxy) is 2. The first-order valence-corrected chi connectivity index (χ1v) is 9.34. The van der Waals surface area contributed by atoms with E-state index in [2.05, 4.69) is 0 Å². The number of carboxylic acid groups (broad SMARTS) is 1. The van der Waals surface area contributed by atoms with Crippen LogP contribution in [-0.2, 0) is 16.1 Å². The van der Waals surface area contributed by atoms with Crippen molar-refractivity contribution in [2.45, 2.75) is 24.8 Å². The minimum absolute atomic E-state index is 0.00984. The van der Waals surface area contributed by atoms with Gasteiger partial charge < -0.3 is 19.5 Å². The second-order valence-corrected chi connectivity index (χ2v) is 7.36. The summed E-state index contributed by atoms with van der Waals surface area (Å²) in [6, 6.07) is 13.1. The van der Waals surface area contributed by atoms with Crippen LogP contribution in [0, 0.1) is 5.92 Å². The van der Waals surface area contributed by atoms with Gasteiger partial charge in [0.05, 0.1) is 20.1 Å². The first kappa shape index (κ1) is 18.3. The van der Waals surface area contributed by atoms with Gasteiger partial charge in [0.1, 0.15) is 11.5 Å². The van der Waals surface area contributed by atoms with E-state index in [4.69, 9.17) is 9.47 Å². The van der Waals surface area contributed by atoms with Gasteiger partial charge in [-0.3, -0.25) is 9.59 Å². The lowest BCUT2D eigenvalue weighted by atomic mass is 9.89. The molecule has 1 N–H and O–H groups in total. The fourth-order valence-corrected chi connectivity index (χ4v) is 4.16. The molecular weight excluding hydrogens is 358 g/mol.